The van der Waals surface area contributed by atoms with Gasteiger partial charge in [0.2, 0.25) is 0 Å². The van der Waals surface area contributed by atoms with Crippen LogP contribution >= 0.6 is 22.6 Å². The molecule has 0 saturated heterocycles. The molecular weight excluding hydrogens is 483 g/mol. The maximum Gasteiger partial charge on any atom is 0.405 e. The van der Waals surface area contributed by atoms with E-state index < -0.39 is 29.3 Å². The number of nitrogens with zero attached hydrogens (tertiary/aromatic N) is 2. The summed E-state index contributed by atoms with van der Waals surface area (Å²) in [5.41, 5.74) is -0.0974. The summed E-state index contributed by atoms with van der Waals surface area (Å²) in [6.45, 7) is 0. The molecule has 3 aromatic rings. The number of hydrogen-bond acceptors (Lipinski definition) is 3. The first kappa shape index (κ1) is 18.8. The van der Waals surface area contributed by atoms with Crippen LogP contribution in [-0.4, -0.2) is 20.8 Å². The molecule has 1 aliphatic carbocycles. The fourth-order valence-electron chi connectivity index (χ4n) is 3.26. The smallest absolute Gasteiger partial charge is 0.405 e. The van der Waals surface area contributed by atoms with Crippen molar-refractivity contribution < 1.29 is 18.7 Å². The molecule has 1 saturated carbocycles. The zero-order valence-corrected chi connectivity index (χ0v) is 16.5. The Hall–Kier alpha value is -2.56. The van der Waals surface area contributed by atoms with Crippen LogP contribution in [0.3, 0.4) is 0 Å². The zero-order valence-electron chi connectivity index (χ0n) is 14.3. The van der Waals surface area contributed by atoms with E-state index in [4.69, 9.17) is 0 Å². The Bertz CT molecular complexity index is 1160. The number of aromatic nitrogens is 2. The number of benzene rings is 2. The molecule has 4 rings (SSSR count). The minimum atomic E-state index is -1.24. The molecule has 0 aliphatic heterocycles. The number of carboxylic acid groups (broad SMARTS) is 1. The second kappa shape index (κ2) is 7.12. The summed E-state index contributed by atoms with van der Waals surface area (Å²) in [5.74, 6) is -0.994. The van der Waals surface area contributed by atoms with E-state index in [2.05, 4.69) is 10.3 Å². The van der Waals surface area contributed by atoms with Gasteiger partial charge in [0.25, 0.3) is 5.56 Å². The van der Waals surface area contributed by atoms with Gasteiger partial charge in [0.05, 0.1) is 22.6 Å². The van der Waals surface area contributed by atoms with Gasteiger partial charge in [-0.2, -0.15) is 0 Å². The van der Waals surface area contributed by atoms with Crippen LogP contribution in [0.25, 0.3) is 16.6 Å². The molecule has 28 heavy (non-hydrogen) atoms. The summed E-state index contributed by atoms with van der Waals surface area (Å²) in [7, 11) is 0. The molecule has 1 atom stereocenters. The van der Waals surface area contributed by atoms with E-state index in [0.29, 0.717) is 3.57 Å². The summed E-state index contributed by atoms with van der Waals surface area (Å²) in [5, 5.41) is 11.7. The highest BCUT2D eigenvalue weighted by Gasteiger charge is 2.37. The average molecular weight is 497 g/mol. The van der Waals surface area contributed by atoms with Crippen LogP contribution in [0.15, 0.2) is 41.2 Å². The van der Waals surface area contributed by atoms with Gasteiger partial charge in [0, 0.05) is 3.57 Å². The molecule has 2 aromatic carbocycles. The Morgan fingerprint density at radius 3 is 2.64 bits per heavy atom. The molecular formula is C19H14F2IN3O3. The predicted molar refractivity (Wildman–Crippen MR) is 107 cm³/mol. The summed E-state index contributed by atoms with van der Waals surface area (Å²) in [6.07, 6.45) is 0.316. The van der Waals surface area contributed by atoms with E-state index in [-0.39, 0.29) is 28.3 Å². The summed E-state index contributed by atoms with van der Waals surface area (Å²) in [6, 6.07) is 6.96. The number of amides is 1. The molecule has 0 spiro atoms. The van der Waals surface area contributed by atoms with Crippen LogP contribution in [0.2, 0.25) is 0 Å². The normalized spacial score (nSPS) is 14.8. The molecule has 1 unspecified atom stereocenters. The Kier molecular flexibility index (Phi) is 4.77. The topological polar surface area (TPSA) is 84.2 Å². The van der Waals surface area contributed by atoms with E-state index in [1.54, 1.807) is 0 Å². The highest BCUT2D eigenvalue weighted by atomic mass is 127. The zero-order chi connectivity index (χ0) is 20.0. The molecule has 6 nitrogen and oxygen atoms in total. The molecule has 144 valence electrons. The third-order valence-electron chi connectivity index (χ3n) is 4.63. The van der Waals surface area contributed by atoms with Gasteiger partial charge in [-0.05, 0) is 71.7 Å². The first-order valence-electron chi connectivity index (χ1n) is 8.52. The molecule has 0 bridgehead atoms. The van der Waals surface area contributed by atoms with Crippen molar-refractivity contribution in [3.8, 4) is 5.69 Å². The first-order valence-corrected chi connectivity index (χ1v) is 9.60. The van der Waals surface area contributed by atoms with Crippen molar-refractivity contribution in [2.24, 2.45) is 5.92 Å². The van der Waals surface area contributed by atoms with Crippen molar-refractivity contribution in [3.05, 3.63) is 67.8 Å². The molecule has 1 heterocycles. The number of rotatable bonds is 4. The first-order chi connectivity index (χ1) is 13.3. The van der Waals surface area contributed by atoms with Gasteiger partial charge in [0.15, 0.2) is 0 Å². The van der Waals surface area contributed by atoms with E-state index in [1.165, 1.54) is 28.8 Å². The van der Waals surface area contributed by atoms with E-state index in [0.717, 1.165) is 25.0 Å². The van der Waals surface area contributed by atoms with Crippen LogP contribution in [0.5, 0.6) is 0 Å². The largest absolute Gasteiger partial charge is 0.465 e. The minimum Gasteiger partial charge on any atom is -0.465 e. The monoisotopic (exact) mass is 497 g/mol. The number of hydrogen-bond donors (Lipinski definition) is 2. The maximum atomic E-state index is 13.9. The van der Waals surface area contributed by atoms with E-state index in [1.807, 2.05) is 22.6 Å². The highest BCUT2D eigenvalue weighted by molar-refractivity contribution is 14.1. The fraction of sp³-hybridized carbons (Fsp3) is 0.211. The summed E-state index contributed by atoms with van der Waals surface area (Å²) in [4.78, 5) is 29.1. The Morgan fingerprint density at radius 2 is 2.00 bits per heavy atom. The Labute approximate surface area is 171 Å². The molecule has 1 amide bonds. The van der Waals surface area contributed by atoms with E-state index >= 15 is 0 Å². The van der Waals surface area contributed by atoms with Crippen molar-refractivity contribution in [1.82, 2.24) is 14.9 Å². The average Bonchev–Trinajstić information content (AvgIpc) is 3.45. The van der Waals surface area contributed by atoms with Crippen LogP contribution < -0.4 is 10.9 Å². The third-order valence-corrected chi connectivity index (χ3v) is 5.46. The Balaban J connectivity index is 2.07. The van der Waals surface area contributed by atoms with Gasteiger partial charge >= 0.3 is 6.09 Å². The lowest BCUT2D eigenvalue weighted by molar-refractivity contribution is 0.187. The fourth-order valence-corrected chi connectivity index (χ4v) is 3.97. The lowest BCUT2D eigenvalue weighted by atomic mass is 10.1. The molecule has 1 fully saturated rings. The Morgan fingerprint density at radius 1 is 1.25 bits per heavy atom. The lowest BCUT2D eigenvalue weighted by Crippen LogP contribution is -2.35. The molecule has 9 heteroatoms. The van der Waals surface area contributed by atoms with Crippen LogP contribution in [0.1, 0.15) is 24.7 Å². The molecule has 1 aromatic heterocycles. The second-order valence-electron chi connectivity index (χ2n) is 6.64. The quantitative estimate of drug-likeness (QED) is 0.535. The van der Waals surface area contributed by atoms with Crippen molar-refractivity contribution in [2.75, 3.05) is 0 Å². The van der Waals surface area contributed by atoms with Crippen molar-refractivity contribution in [3.63, 3.8) is 0 Å². The summed E-state index contributed by atoms with van der Waals surface area (Å²) < 4.78 is 29.3. The van der Waals surface area contributed by atoms with Crippen molar-refractivity contribution in [1.29, 1.82) is 0 Å². The lowest BCUT2D eigenvalue weighted by Gasteiger charge is -2.21. The molecule has 0 radical (unpaired) electrons. The number of halogens is 3. The number of nitrogens with one attached hydrogen (secondary N) is 1. The van der Waals surface area contributed by atoms with Crippen molar-refractivity contribution in [2.45, 2.75) is 18.9 Å². The highest BCUT2D eigenvalue weighted by Crippen LogP contribution is 2.41. The third kappa shape index (κ3) is 3.46. The summed E-state index contributed by atoms with van der Waals surface area (Å²) >= 11 is 1.88. The maximum absolute atomic E-state index is 13.9. The number of carbonyl (C=O) groups is 1. The number of fused-ring (bicyclic) bond motifs is 1. The molecule has 1 aliphatic rings. The van der Waals surface area contributed by atoms with Gasteiger partial charge in [-0.3, -0.25) is 9.36 Å². The molecule has 2 N–H and O–H groups in total. The van der Waals surface area contributed by atoms with Crippen LogP contribution in [0.4, 0.5) is 13.6 Å². The standard InChI is InChI=1S/C19H14F2IN3O3/c20-10-2-1-3-12(6-10)25-17(15(9-4-5-9)24-19(27)28)23-16-13(18(25)26)7-11(21)8-14(16)22/h1-3,6-9,15,24H,4-5H2,(H,27,28). The van der Waals surface area contributed by atoms with Gasteiger partial charge in [-0.15, -0.1) is 0 Å². The van der Waals surface area contributed by atoms with E-state index in [9.17, 15) is 23.5 Å². The van der Waals surface area contributed by atoms with Gasteiger partial charge < -0.3 is 10.4 Å². The van der Waals surface area contributed by atoms with Crippen molar-refractivity contribution >= 4 is 39.6 Å². The van der Waals surface area contributed by atoms with Gasteiger partial charge in [0.1, 0.15) is 17.5 Å². The predicted octanol–water partition coefficient (Wildman–Crippen LogP) is 3.99. The second-order valence-corrected chi connectivity index (χ2v) is 7.80. The van der Waals surface area contributed by atoms with Crippen LogP contribution in [-0.2, 0) is 0 Å². The van der Waals surface area contributed by atoms with Gasteiger partial charge in [-0.25, -0.2) is 18.6 Å². The minimum absolute atomic E-state index is 0.0154. The van der Waals surface area contributed by atoms with Gasteiger partial charge in [-0.1, -0.05) is 6.07 Å². The van der Waals surface area contributed by atoms with Crippen LogP contribution in [0, 0.1) is 21.1 Å². The SMILES string of the molecule is O=C(O)NC(c1nc2c(I)cc(F)cc2c(=O)n1-c1cccc(F)c1)C1CC1.